The number of nitro benzene ring substituents is 1. The maximum Gasteiger partial charge on any atom is 0.292 e. The van der Waals surface area contributed by atoms with Gasteiger partial charge >= 0.3 is 0 Å². The van der Waals surface area contributed by atoms with Crippen LogP contribution in [0.4, 0.5) is 11.4 Å². The third-order valence-electron chi connectivity index (χ3n) is 3.89. The highest BCUT2D eigenvalue weighted by Gasteiger charge is 2.27. The Morgan fingerprint density at radius 2 is 2.17 bits per heavy atom. The van der Waals surface area contributed by atoms with Gasteiger partial charge in [0.2, 0.25) is 5.91 Å². The number of benzene rings is 1. The van der Waals surface area contributed by atoms with Crippen LogP contribution < -0.4 is 10.6 Å². The number of rotatable bonds is 7. The molecule has 0 saturated carbocycles. The Bertz CT molecular complexity index is 541. The van der Waals surface area contributed by atoms with E-state index in [1.54, 1.807) is 18.2 Å². The number of likely N-dealkylation sites (N-methyl/N-ethyl adjacent to an activating group) is 1. The predicted molar refractivity (Wildman–Crippen MR) is 92.1 cm³/mol. The summed E-state index contributed by atoms with van der Waals surface area (Å²) in [6, 6.07) is 6.74. The van der Waals surface area contributed by atoms with Crippen LogP contribution in [0.2, 0.25) is 0 Å². The molecular weight excluding hydrogens is 320 g/mol. The predicted octanol–water partition coefficient (Wildman–Crippen LogP) is 2.03. The average Bonchev–Trinajstić information content (AvgIpc) is 2.96. The molecule has 1 aromatic rings. The third-order valence-corrected chi connectivity index (χ3v) is 3.89. The lowest BCUT2D eigenvalue weighted by Gasteiger charge is -2.24. The van der Waals surface area contributed by atoms with Crippen molar-refractivity contribution in [3.8, 4) is 0 Å². The van der Waals surface area contributed by atoms with Crippen LogP contribution in [0.3, 0.4) is 0 Å². The summed E-state index contributed by atoms with van der Waals surface area (Å²) in [5.41, 5.74) is 0.484. The van der Waals surface area contributed by atoms with Crippen molar-refractivity contribution >= 4 is 29.7 Å². The summed E-state index contributed by atoms with van der Waals surface area (Å²) in [5, 5.41) is 17.0. The molecular formula is C15H23ClN4O3. The SMILES string of the molecule is CNCC1CCCN1C(=O)CCNc1ccccc1[N+](=O)[O-].Cl. The van der Waals surface area contributed by atoms with Crippen LogP contribution >= 0.6 is 12.4 Å². The van der Waals surface area contributed by atoms with Crippen molar-refractivity contribution in [2.45, 2.75) is 25.3 Å². The number of nitro groups is 1. The number of likely N-dealkylation sites (tertiary alicyclic amines) is 1. The molecule has 0 aliphatic carbocycles. The number of hydrogen-bond donors (Lipinski definition) is 2. The fourth-order valence-corrected chi connectivity index (χ4v) is 2.84. The lowest BCUT2D eigenvalue weighted by atomic mass is 10.2. The van der Waals surface area contributed by atoms with Gasteiger partial charge in [-0.25, -0.2) is 0 Å². The van der Waals surface area contributed by atoms with E-state index < -0.39 is 4.92 Å². The van der Waals surface area contributed by atoms with Gasteiger partial charge in [-0.15, -0.1) is 12.4 Å². The summed E-state index contributed by atoms with van der Waals surface area (Å²) in [7, 11) is 1.89. The fourth-order valence-electron chi connectivity index (χ4n) is 2.84. The van der Waals surface area contributed by atoms with Gasteiger partial charge in [0.05, 0.1) is 4.92 Å². The summed E-state index contributed by atoms with van der Waals surface area (Å²) in [6.07, 6.45) is 2.41. The molecule has 2 rings (SSSR count). The van der Waals surface area contributed by atoms with Gasteiger partial charge in [0.15, 0.2) is 0 Å². The number of hydrogen-bond acceptors (Lipinski definition) is 5. The lowest BCUT2D eigenvalue weighted by molar-refractivity contribution is -0.384. The average molecular weight is 343 g/mol. The van der Waals surface area contributed by atoms with E-state index in [0.29, 0.717) is 18.7 Å². The van der Waals surface area contributed by atoms with E-state index in [9.17, 15) is 14.9 Å². The Balaban J connectivity index is 0.00000264. The zero-order chi connectivity index (χ0) is 15.9. The van der Waals surface area contributed by atoms with E-state index in [4.69, 9.17) is 0 Å². The molecule has 1 unspecified atom stereocenters. The van der Waals surface area contributed by atoms with Gasteiger partial charge in [0, 0.05) is 38.2 Å². The van der Waals surface area contributed by atoms with Gasteiger partial charge in [0.25, 0.3) is 5.69 Å². The molecule has 1 aliphatic heterocycles. The number of amides is 1. The Kier molecular flexibility index (Phi) is 7.77. The molecule has 0 bridgehead atoms. The molecule has 23 heavy (non-hydrogen) atoms. The van der Waals surface area contributed by atoms with Gasteiger partial charge in [-0.2, -0.15) is 0 Å². The van der Waals surface area contributed by atoms with Crippen LogP contribution in [0, 0.1) is 10.1 Å². The van der Waals surface area contributed by atoms with Crippen molar-refractivity contribution < 1.29 is 9.72 Å². The number of carbonyl (C=O) groups is 1. The largest absolute Gasteiger partial charge is 0.379 e. The lowest BCUT2D eigenvalue weighted by Crippen LogP contribution is -2.41. The molecule has 7 nitrogen and oxygen atoms in total. The van der Waals surface area contributed by atoms with E-state index in [1.165, 1.54) is 6.07 Å². The normalized spacial score (nSPS) is 16.7. The van der Waals surface area contributed by atoms with Crippen LogP contribution in [-0.2, 0) is 4.79 Å². The number of anilines is 1. The Hall–Kier alpha value is -1.86. The van der Waals surface area contributed by atoms with Gasteiger partial charge in [-0.05, 0) is 26.0 Å². The topological polar surface area (TPSA) is 87.5 Å². The molecule has 8 heteroatoms. The molecule has 1 saturated heterocycles. The third kappa shape index (κ3) is 5.07. The first-order chi connectivity index (χ1) is 10.6. The van der Waals surface area contributed by atoms with Gasteiger partial charge in [0.1, 0.15) is 5.69 Å². The highest BCUT2D eigenvalue weighted by Crippen LogP contribution is 2.23. The number of nitrogens with zero attached hydrogens (tertiary/aromatic N) is 2. The Labute approximate surface area is 142 Å². The Morgan fingerprint density at radius 3 is 2.87 bits per heavy atom. The molecule has 1 fully saturated rings. The summed E-state index contributed by atoms with van der Waals surface area (Å²) in [4.78, 5) is 24.7. The molecule has 1 amide bonds. The maximum atomic E-state index is 12.3. The molecule has 1 heterocycles. The molecule has 0 spiro atoms. The first-order valence-corrected chi connectivity index (χ1v) is 7.55. The second-order valence-corrected chi connectivity index (χ2v) is 5.39. The minimum Gasteiger partial charge on any atom is -0.379 e. The van der Waals surface area contributed by atoms with E-state index in [0.717, 1.165) is 25.9 Å². The number of para-hydroxylation sites is 2. The van der Waals surface area contributed by atoms with Crippen LogP contribution in [0.1, 0.15) is 19.3 Å². The monoisotopic (exact) mass is 342 g/mol. The second-order valence-electron chi connectivity index (χ2n) is 5.39. The summed E-state index contributed by atoms with van der Waals surface area (Å²) < 4.78 is 0. The van der Waals surface area contributed by atoms with Crippen molar-refractivity contribution in [2.75, 3.05) is 32.0 Å². The van der Waals surface area contributed by atoms with E-state index >= 15 is 0 Å². The summed E-state index contributed by atoms with van der Waals surface area (Å²) in [5.74, 6) is 0.101. The molecule has 1 aliphatic rings. The molecule has 0 radical (unpaired) electrons. The summed E-state index contributed by atoms with van der Waals surface area (Å²) in [6.45, 7) is 2.01. The van der Waals surface area contributed by atoms with Crippen molar-refractivity contribution in [1.82, 2.24) is 10.2 Å². The molecule has 0 aromatic heterocycles. The van der Waals surface area contributed by atoms with E-state index in [1.807, 2.05) is 11.9 Å². The quantitative estimate of drug-likeness (QED) is 0.584. The van der Waals surface area contributed by atoms with Crippen LogP contribution in [0.5, 0.6) is 0 Å². The maximum absolute atomic E-state index is 12.3. The van der Waals surface area contributed by atoms with Gasteiger partial charge in [-0.3, -0.25) is 14.9 Å². The van der Waals surface area contributed by atoms with Crippen LogP contribution in [-0.4, -0.2) is 48.5 Å². The second kappa shape index (κ2) is 9.32. The fraction of sp³-hybridized carbons (Fsp3) is 0.533. The molecule has 128 valence electrons. The zero-order valence-corrected chi connectivity index (χ0v) is 14.0. The summed E-state index contributed by atoms with van der Waals surface area (Å²) >= 11 is 0. The zero-order valence-electron chi connectivity index (χ0n) is 13.2. The van der Waals surface area contributed by atoms with E-state index in [2.05, 4.69) is 10.6 Å². The number of nitrogens with one attached hydrogen (secondary N) is 2. The van der Waals surface area contributed by atoms with Crippen molar-refractivity contribution in [3.63, 3.8) is 0 Å². The van der Waals surface area contributed by atoms with Crippen LogP contribution in [0.25, 0.3) is 0 Å². The number of carbonyl (C=O) groups excluding carboxylic acids is 1. The minimum atomic E-state index is -0.423. The minimum absolute atomic E-state index is 0. The van der Waals surface area contributed by atoms with Gasteiger partial charge < -0.3 is 15.5 Å². The van der Waals surface area contributed by atoms with Crippen LogP contribution in [0.15, 0.2) is 24.3 Å². The first kappa shape index (κ1) is 19.2. The standard InChI is InChI=1S/C15H22N4O3.ClH/c1-16-11-12-5-4-10-18(12)15(20)8-9-17-13-6-2-3-7-14(13)19(21)22;/h2-3,6-7,12,16-17H,4-5,8-11H2,1H3;1H. The smallest absolute Gasteiger partial charge is 0.292 e. The first-order valence-electron chi connectivity index (χ1n) is 7.55. The molecule has 2 N–H and O–H groups in total. The highest BCUT2D eigenvalue weighted by atomic mass is 35.5. The molecule has 1 atom stereocenters. The molecule has 1 aromatic carbocycles. The van der Waals surface area contributed by atoms with Gasteiger partial charge in [-0.1, -0.05) is 12.1 Å². The Morgan fingerprint density at radius 1 is 1.43 bits per heavy atom. The van der Waals surface area contributed by atoms with Crippen molar-refractivity contribution in [3.05, 3.63) is 34.4 Å². The van der Waals surface area contributed by atoms with Crippen molar-refractivity contribution in [2.24, 2.45) is 0 Å². The number of halogens is 1. The van der Waals surface area contributed by atoms with Crippen molar-refractivity contribution in [1.29, 1.82) is 0 Å². The van der Waals surface area contributed by atoms with E-state index in [-0.39, 0.29) is 30.0 Å². The highest BCUT2D eigenvalue weighted by molar-refractivity contribution is 5.85.